The minimum Gasteiger partial charge on any atom is -0.488 e. The first-order valence-electron chi connectivity index (χ1n) is 6.14. The summed E-state index contributed by atoms with van der Waals surface area (Å²) in [6.45, 7) is 0.175. The maximum Gasteiger partial charge on any atom is 0.130 e. The lowest BCUT2D eigenvalue weighted by Gasteiger charge is -2.09. The van der Waals surface area contributed by atoms with Crippen LogP contribution in [0.5, 0.6) is 5.75 Å². The summed E-state index contributed by atoms with van der Waals surface area (Å²) >= 11 is 5.93. The van der Waals surface area contributed by atoms with Crippen molar-refractivity contribution in [1.29, 1.82) is 0 Å². The molecule has 0 aliphatic rings. The molecule has 20 heavy (non-hydrogen) atoms. The molecule has 0 atom stereocenters. The molecule has 3 aromatic rings. The number of benzene rings is 2. The van der Waals surface area contributed by atoms with Crippen LogP contribution in [-0.4, -0.2) is 4.98 Å². The Labute approximate surface area is 120 Å². The van der Waals surface area contributed by atoms with E-state index in [1.807, 2.05) is 6.07 Å². The quantitative estimate of drug-likeness (QED) is 0.702. The van der Waals surface area contributed by atoms with Crippen molar-refractivity contribution in [2.75, 3.05) is 0 Å². The van der Waals surface area contributed by atoms with Crippen LogP contribution in [0.15, 0.2) is 54.7 Å². The van der Waals surface area contributed by atoms with Crippen molar-refractivity contribution in [3.05, 3.63) is 71.1 Å². The summed E-state index contributed by atoms with van der Waals surface area (Å²) < 4.78 is 19.3. The van der Waals surface area contributed by atoms with E-state index >= 15 is 0 Å². The molecule has 2 aromatic carbocycles. The number of fused-ring (bicyclic) bond motifs is 1. The third kappa shape index (κ3) is 2.58. The van der Waals surface area contributed by atoms with Crippen molar-refractivity contribution in [3.63, 3.8) is 0 Å². The molecule has 1 aromatic heterocycles. The molecule has 0 saturated heterocycles. The summed E-state index contributed by atoms with van der Waals surface area (Å²) in [6, 6.07) is 13.7. The summed E-state index contributed by atoms with van der Waals surface area (Å²) in [6.07, 6.45) is 1.65. The van der Waals surface area contributed by atoms with Gasteiger partial charge in [0.25, 0.3) is 0 Å². The van der Waals surface area contributed by atoms with Crippen LogP contribution in [0.3, 0.4) is 0 Å². The van der Waals surface area contributed by atoms with E-state index in [0.29, 0.717) is 16.3 Å². The van der Waals surface area contributed by atoms with Gasteiger partial charge in [-0.1, -0.05) is 29.8 Å². The van der Waals surface area contributed by atoms with Gasteiger partial charge in [-0.2, -0.15) is 0 Å². The monoisotopic (exact) mass is 287 g/mol. The lowest BCUT2D eigenvalue weighted by Crippen LogP contribution is -1.99. The van der Waals surface area contributed by atoms with Crippen LogP contribution in [0.4, 0.5) is 4.39 Å². The molecule has 0 amide bonds. The van der Waals surface area contributed by atoms with Crippen molar-refractivity contribution in [1.82, 2.24) is 4.98 Å². The van der Waals surface area contributed by atoms with E-state index in [1.54, 1.807) is 42.6 Å². The van der Waals surface area contributed by atoms with Crippen LogP contribution in [0.1, 0.15) is 5.56 Å². The lowest BCUT2D eigenvalue weighted by atomic mass is 10.2. The molecule has 0 aliphatic heterocycles. The molecule has 0 bridgehead atoms. The van der Waals surface area contributed by atoms with Gasteiger partial charge >= 0.3 is 0 Å². The highest BCUT2D eigenvalue weighted by Crippen LogP contribution is 2.27. The van der Waals surface area contributed by atoms with E-state index in [-0.39, 0.29) is 12.4 Å². The highest BCUT2D eigenvalue weighted by Gasteiger charge is 2.06. The van der Waals surface area contributed by atoms with Crippen molar-refractivity contribution in [2.24, 2.45) is 0 Å². The van der Waals surface area contributed by atoms with Gasteiger partial charge in [0.2, 0.25) is 0 Å². The standard InChI is InChI=1S/C16H11ClFNO/c17-12-5-6-13-15(9-12)19-8-7-16(13)20-10-11-3-1-2-4-14(11)18/h1-9H,10H2. The zero-order valence-electron chi connectivity index (χ0n) is 10.5. The van der Waals surface area contributed by atoms with Gasteiger partial charge < -0.3 is 4.74 Å². The van der Waals surface area contributed by atoms with Gasteiger partial charge in [0.15, 0.2) is 0 Å². The number of hydrogen-bond acceptors (Lipinski definition) is 2. The van der Waals surface area contributed by atoms with Gasteiger partial charge in [0, 0.05) is 22.2 Å². The average molecular weight is 288 g/mol. The Morgan fingerprint density at radius 3 is 2.80 bits per heavy atom. The van der Waals surface area contributed by atoms with Gasteiger partial charge in [0.1, 0.15) is 18.2 Å². The Morgan fingerprint density at radius 2 is 1.95 bits per heavy atom. The SMILES string of the molecule is Fc1ccccc1COc1ccnc2cc(Cl)ccc12. The van der Waals surface area contributed by atoms with Crippen molar-refractivity contribution in [3.8, 4) is 5.75 Å². The highest BCUT2D eigenvalue weighted by molar-refractivity contribution is 6.31. The lowest BCUT2D eigenvalue weighted by molar-refractivity contribution is 0.303. The first-order chi connectivity index (χ1) is 9.74. The Bertz CT molecular complexity index is 760. The minimum atomic E-state index is -0.270. The first kappa shape index (κ1) is 12.9. The number of hydrogen-bond donors (Lipinski definition) is 0. The Balaban J connectivity index is 1.90. The maximum atomic E-state index is 13.5. The van der Waals surface area contributed by atoms with E-state index in [0.717, 1.165) is 10.9 Å². The van der Waals surface area contributed by atoms with Crippen LogP contribution in [-0.2, 0) is 6.61 Å². The van der Waals surface area contributed by atoms with Crippen LogP contribution in [0.25, 0.3) is 10.9 Å². The van der Waals surface area contributed by atoms with Crippen LogP contribution >= 0.6 is 11.6 Å². The Morgan fingerprint density at radius 1 is 1.10 bits per heavy atom. The Hall–Kier alpha value is -2.13. The van der Waals surface area contributed by atoms with Gasteiger partial charge in [-0.3, -0.25) is 4.98 Å². The van der Waals surface area contributed by atoms with E-state index in [4.69, 9.17) is 16.3 Å². The molecule has 100 valence electrons. The minimum absolute atomic E-state index is 0.175. The largest absolute Gasteiger partial charge is 0.488 e. The van der Waals surface area contributed by atoms with Gasteiger partial charge in [-0.05, 0) is 30.3 Å². The molecule has 0 fully saturated rings. The second kappa shape index (κ2) is 5.47. The summed E-state index contributed by atoms with van der Waals surface area (Å²) in [5, 5.41) is 1.48. The summed E-state index contributed by atoms with van der Waals surface area (Å²) in [5.41, 5.74) is 1.27. The van der Waals surface area contributed by atoms with E-state index in [1.165, 1.54) is 6.07 Å². The molecule has 4 heteroatoms. The molecule has 0 N–H and O–H groups in total. The molecule has 0 spiro atoms. The molecular weight excluding hydrogens is 277 g/mol. The van der Waals surface area contributed by atoms with E-state index in [2.05, 4.69) is 4.98 Å². The number of nitrogens with zero attached hydrogens (tertiary/aromatic N) is 1. The topological polar surface area (TPSA) is 22.1 Å². The average Bonchev–Trinajstić information content (AvgIpc) is 2.46. The molecule has 0 radical (unpaired) electrons. The second-order valence-corrected chi connectivity index (χ2v) is 4.79. The normalized spacial score (nSPS) is 10.7. The van der Waals surface area contributed by atoms with Crippen LogP contribution < -0.4 is 4.74 Å². The summed E-state index contributed by atoms with van der Waals surface area (Å²) in [4.78, 5) is 4.24. The smallest absolute Gasteiger partial charge is 0.130 e. The summed E-state index contributed by atoms with van der Waals surface area (Å²) in [5.74, 6) is 0.392. The van der Waals surface area contributed by atoms with Gasteiger partial charge in [-0.15, -0.1) is 0 Å². The number of aromatic nitrogens is 1. The van der Waals surface area contributed by atoms with Crippen molar-refractivity contribution < 1.29 is 9.13 Å². The predicted octanol–water partition coefficient (Wildman–Crippen LogP) is 4.61. The molecule has 0 aliphatic carbocycles. The highest BCUT2D eigenvalue weighted by atomic mass is 35.5. The second-order valence-electron chi connectivity index (χ2n) is 4.35. The van der Waals surface area contributed by atoms with Crippen molar-refractivity contribution in [2.45, 2.75) is 6.61 Å². The Kier molecular flexibility index (Phi) is 3.52. The number of halogens is 2. The zero-order valence-corrected chi connectivity index (χ0v) is 11.3. The molecule has 0 unspecified atom stereocenters. The fraction of sp³-hybridized carbons (Fsp3) is 0.0625. The molecular formula is C16H11ClFNO. The number of rotatable bonds is 3. The third-order valence-electron chi connectivity index (χ3n) is 3.01. The fourth-order valence-electron chi connectivity index (χ4n) is 1.99. The van der Waals surface area contributed by atoms with Crippen LogP contribution in [0.2, 0.25) is 5.02 Å². The maximum absolute atomic E-state index is 13.5. The van der Waals surface area contributed by atoms with Crippen molar-refractivity contribution >= 4 is 22.5 Å². The zero-order chi connectivity index (χ0) is 13.9. The van der Waals surface area contributed by atoms with E-state index < -0.39 is 0 Å². The third-order valence-corrected chi connectivity index (χ3v) is 3.24. The fourth-order valence-corrected chi connectivity index (χ4v) is 2.16. The van der Waals surface area contributed by atoms with Gasteiger partial charge in [0.05, 0.1) is 5.52 Å². The van der Waals surface area contributed by atoms with Gasteiger partial charge in [-0.25, -0.2) is 4.39 Å². The molecule has 3 rings (SSSR count). The molecule has 1 heterocycles. The molecule has 0 saturated carbocycles. The summed E-state index contributed by atoms with van der Waals surface area (Å²) in [7, 11) is 0. The number of pyridine rings is 1. The first-order valence-corrected chi connectivity index (χ1v) is 6.52. The number of ether oxygens (including phenoxy) is 1. The van der Waals surface area contributed by atoms with Crippen LogP contribution in [0, 0.1) is 5.82 Å². The predicted molar refractivity (Wildman–Crippen MR) is 77.5 cm³/mol. The molecule has 2 nitrogen and oxygen atoms in total. The van der Waals surface area contributed by atoms with E-state index in [9.17, 15) is 4.39 Å².